The summed E-state index contributed by atoms with van der Waals surface area (Å²) in [5.41, 5.74) is 3.14. The largest absolute Gasteiger partial charge is 0.370 e. The second-order valence-electron chi connectivity index (χ2n) is 6.16. The predicted molar refractivity (Wildman–Crippen MR) is 88.4 cm³/mol. The molecule has 0 aliphatic carbocycles. The van der Waals surface area contributed by atoms with Crippen LogP contribution in [0.4, 0.5) is 5.69 Å². The quantitative estimate of drug-likeness (QED) is 0.839. The molecule has 1 aromatic carbocycles. The van der Waals surface area contributed by atoms with Crippen molar-refractivity contribution in [2.24, 2.45) is 5.92 Å². The van der Waals surface area contributed by atoms with E-state index in [1.165, 1.54) is 24.8 Å². The van der Waals surface area contributed by atoms with E-state index in [1.807, 2.05) is 6.07 Å². The molecule has 3 nitrogen and oxygen atoms in total. The number of benzene rings is 1. The lowest BCUT2D eigenvalue weighted by atomic mass is 10.0. The summed E-state index contributed by atoms with van der Waals surface area (Å²) in [6.45, 7) is 8.51. The van der Waals surface area contributed by atoms with E-state index < -0.39 is 0 Å². The Balaban J connectivity index is 2.10. The fourth-order valence-corrected chi connectivity index (χ4v) is 2.97. The van der Waals surface area contributed by atoms with Crippen molar-refractivity contribution in [2.75, 3.05) is 24.5 Å². The highest BCUT2D eigenvalue weighted by molar-refractivity contribution is 5.60. The van der Waals surface area contributed by atoms with Crippen molar-refractivity contribution >= 4 is 5.69 Å². The van der Waals surface area contributed by atoms with Gasteiger partial charge in [0.2, 0.25) is 0 Å². The first-order valence-corrected chi connectivity index (χ1v) is 8.23. The summed E-state index contributed by atoms with van der Waals surface area (Å²) in [7, 11) is 0. The van der Waals surface area contributed by atoms with Crippen molar-refractivity contribution in [1.29, 1.82) is 5.26 Å². The number of rotatable bonds is 5. The Hall–Kier alpha value is -1.53. The normalized spacial score (nSPS) is 19.1. The topological polar surface area (TPSA) is 39.1 Å². The molecule has 1 N–H and O–H groups in total. The van der Waals surface area contributed by atoms with Crippen LogP contribution < -0.4 is 10.2 Å². The maximum Gasteiger partial charge on any atom is 0.101 e. The molecule has 1 atom stereocenters. The average molecular weight is 285 g/mol. The molecule has 1 aromatic rings. The van der Waals surface area contributed by atoms with Crippen LogP contribution in [0.2, 0.25) is 0 Å². The van der Waals surface area contributed by atoms with Gasteiger partial charge in [-0.25, -0.2) is 0 Å². The summed E-state index contributed by atoms with van der Waals surface area (Å²) in [5, 5.41) is 12.9. The monoisotopic (exact) mass is 285 g/mol. The summed E-state index contributed by atoms with van der Waals surface area (Å²) in [6, 6.07) is 8.73. The first-order chi connectivity index (χ1) is 10.2. The van der Waals surface area contributed by atoms with Crippen LogP contribution >= 0.6 is 0 Å². The van der Waals surface area contributed by atoms with E-state index in [2.05, 4.69) is 42.3 Å². The van der Waals surface area contributed by atoms with Crippen LogP contribution in [-0.2, 0) is 6.54 Å². The first-order valence-electron chi connectivity index (χ1n) is 8.23. The first kappa shape index (κ1) is 15.9. The van der Waals surface area contributed by atoms with Gasteiger partial charge in [-0.3, -0.25) is 0 Å². The zero-order chi connectivity index (χ0) is 15.1. The van der Waals surface area contributed by atoms with E-state index in [-0.39, 0.29) is 0 Å². The van der Waals surface area contributed by atoms with Crippen LogP contribution in [0.15, 0.2) is 18.2 Å². The zero-order valence-corrected chi connectivity index (χ0v) is 13.4. The lowest BCUT2D eigenvalue weighted by Gasteiger charge is -2.24. The SMILES string of the molecule is CCCNCc1ccc(N2CCCC(C)CC2)c(C#N)c1. The third-order valence-electron chi connectivity index (χ3n) is 4.29. The lowest BCUT2D eigenvalue weighted by molar-refractivity contribution is 0.521. The molecule has 0 amide bonds. The van der Waals surface area contributed by atoms with Crippen molar-refractivity contribution in [3.8, 4) is 6.07 Å². The Morgan fingerprint density at radius 1 is 1.33 bits per heavy atom. The summed E-state index contributed by atoms with van der Waals surface area (Å²) < 4.78 is 0. The number of hydrogen-bond donors (Lipinski definition) is 1. The van der Waals surface area contributed by atoms with E-state index in [0.29, 0.717) is 0 Å². The molecule has 1 saturated heterocycles. The number of nitriles is 1. The number of nitrogens with one attached hydrogen (secondary N) is 1. The minimum atomic E-state index is 0.804. The van der Waals surface area contributed by atoms with Crippen molar-refractivity contribution < 1.29 is 0 Å². The third-order valence-corrected chi connectivity index (χ3v) is 4.29. The average Bonchev–Trinajstić information content (AvgIpc) is 2.72. The highest BCUT2D eigenvalue weighted by Gasteiger charge is 2.16. The summed E-state index contributed by atoms with van der Waals surface area (Å²) in [4.78, 5) is 2.39. The number of hydrogen-bond acceptors (Lipinski definition) is 3. The van der Waals surface area contributed by atoms with Crippen molar-refractivity contribution in [1.82, 2.24) is 5.32 Å². The molecule has 0 saturated carbocycles. The van der Waals surface area contributed by atoms with E-state index in [0.717, 1.165) is 49.8 Å². The van der Waals surface area contributed by atoms with Gasteiger partial charge in [0.1, 0.15) is 6.07 Å². The van der Waals surface area contributed by atoms with Gasteiger partial charge in [-0.1, -0.05) is 19.9 Å². The highest BCUT2D eigenvalue weighted by atomic mass is 15.1. The smallest absolute Gasteiger partial charge is 0.101 e. The van der Waals surface area contributed by atoms with Crippen molar-refractivity contribution in [3.05, 3.63) is 29.3 Å². The van der Waals surface area contributed by atoms with Gasteiger partial charge in [0.05, 0.1) is 11.3 Å². The number of anilines is 1. The van der Waals surface area contributed by atoms with Gasteiger partial charge in [-0.15, -0.1) is 0 Å². The maximum absolute atomic E-state index is 9.47. The van der Waals surface area contributed by atoms with Crippen LogP contribution in [0.25, 0.3) is 0 Å². The molecule has 1 unspecified atom stereocenters. The molecule has 1 fully saturated rings. The Bertz CT molecular complexity index is 490. The Labute approximate surface area is 129 Å². The molecule has 3 heteroatoms. The van der Waals surface area contributed by atoms with Crippen LogP contribution in [-0.4, -0.2) is 19.6 Å². The standard InChI is InChI=1S/C18H27N3/c1-3-9-20-14-16-6-7-18(17(12-16)13-19)21-10-4-5-15(2)8-11-21/h6-7,12,15,20H,3-5,8-11,14H2,1-2H3. The van der Waals surface area contributed by atoms with Gasteiger partial charge in [0.15, 0.2) is 0 Å². The summed E-state index contributed by atoms with van der Waals surface area (Å²) >= 11 is 0. The molecule has 1 heterocycles. The van der Waals surface area contributed by atoms with Gasteiger partial charge >= 0.3 is 0 Å². The zero-order valence-electron chi connectivity index (χ0n) is 13.4. The van der Waals surface area contributed by atoms with Gasteiger partial charge in [-0.05, 0) is 55.8 Å². The molecular formula is C18H27N3. The second kappa shape index (κ2) is 8.05. The Kier molecular flexibility index (Phi) is 6.07. The van der Waals surface area contributed by atoms with Crippen molar-refractivity contribution in [2.45, 2.75) is 46.1 Å². The van der Waals surface area contributed by atoms with E-state index in [4.69, 9.17) is 0 Å². The van der Waals surface area contributed by atoms with Crippen molar-refractivity contribution in [3.63, 3.8) is 0 Å². The third kappa shape index (κ3) is 4.47. The molecule has 0 spiro atoms. The van der Waals surface area contributed by atoms with Crippen LogP contribution in [0, 0.1) is 17.2 Å². The molecule has 21 heavy (non-hydrogen) atoms. The predicted octanol–water partition coefficient (Wildman–Crippen LogP) is 3.68. The Morgan fingerprint density at radius 2 is 2.19 bits per heavy atom. The van der Waals surface area contributed by atoms with Crippen LogP contribution in [0.5, 0.6) is 0 Å². The fourth-order valence-electron chi connectivity index (χ4n) is 2.97. The number of nitrogens with zero attached hydrogens (tertiary/aromatic N) is 2. The van der Waals surface area contributed by atoms with E-state index in [9.17, 15) is 5.26 Å². The lowest BCUT2D eigenvalue weighted by Crippen LogP contribution is -2.25. The molecule has 0 aromatic heterocycles. The van der Waals surface area contributed by atoms with Crippen LogP contribution in [0.1, 0.15) is 50.7 Å². The molecule has 1 aliphatic rings. The van der Waals surface area contributed by atoms with Gasteiger partial charge in [0, 0.05) is 19.6 Å². The maximum atomic E-state index is 9.47. The van der Waals surface area contributed by atoms with E-state index >= 15 is 0 Å². The fraction of sp³-hybridized carbons (Fsp3) is 0.611. The second-order valence-corrected chi connectivity index (χ2v) is 6.16. The van der Waals surface area contributed by atoms with Crippen LogP contribution in [0.3, 0.4) is 0 Å². The molecule has 114 valence electrons. The van der Waals surface area contributed by atoms with Gasteiger partial charge in [0.25, 0.3) is 0 Å². The molecule has 0 radical (unpaired) electrons. The van der Waals surface area contributed by atoms with Gasteiger partial charge < -0.3 is 10.2 Å². The van der Waals surface area contributed by atoms with Gasteiger partial charge in [-0.2, -0.15) is 5.26 Å². The molecular weight excluding hydrogens is 258 g/mol. The molecule has 0 bridgehead atoms. The minimum absolute atomic E-state index is 0.804. The summed E-state index contributed by atoms with van der Waals surface area (Å²) in [5.74, 6) is 0.804. The van der Waals surface area contributed by atoms with E-state index in [1.54, 1.807) is 0 Å². The summed E-state index contributed by atoms with van der Waals surface area (Å²) in [6.07, 6.45) is 4.89. The Morgan fingerprint density at radius 3 is 2.95 bits per heavy atom. The minimum Gasteiger partial charge on any atom is -0.370 e. The molecule has 1 aliphatic heterocycles. The highest BCUT2D eigenvalue weighted by Crippen LogP contribution is 2.26. The molecule has 2 rings (SSSR count).